The minimum absolute atomic E-state index is 0. The molecule has 0 aromatic heterocycles. The van der Waals surface area contributed by atoms with Crippen LogP contribution in [0.5, 0.6) is 0 Å². The summed E-state index contributed by atoms with van der Waals surface area (Å²) in [5.74, 6) is 1.33. The summed E-state index contributed by atoms with van der Waals surface area (Å²) in [6.07, 6.45) is 2.99. The summed E-state index contributed by atoms with van der Waals surface area (Å²) in [6.45, 7) is 20.9. The van der Waals surface area contributed by atoms with Gasteiger partial charge in [0.15, 0.2) is 0 Å². The van der Waals surface area contributed by atoms with E-state index in [-0.39, 0.29) is 172 Å². The fraction of sp³-hybridized carbons (Fsp3) is 0.267. The van der Waals surface area contributed by atoms with Gasteiger partial charge >= 0.3 is 0 Å². The van der Waals surface area contributed by atoms with Gasteiger partial charge in [-0.25, -0.2) is 0 Å². The molecule has 0 N–H and O–H groups in total. The van der Waals surface area contributed by atoms with E-state index in [2.05, 4.69) is 179 Å². The van der Waals surface area contributed by atoms with Crippen LogP contribution in [0, 0.1) is 35.6 Å². The number of fused-ring (bicyclic) bond motifs is 13. The molecule has 9 rings (SSSR count). The molecule has 0 heterocycles. The van der Waals surface area contributed by atoms with Crippen molar-refractivity contribution in [3.05, 3.63) is 220 Å². The summed E-state index contributed by atoms with van der Waals surface area (Å²) in [4.78, 5) is 0. The van der Waals surface area contributed by atoms with Gasteiger partial charge in [-0.15, -0.1) is 0 Å². The van der Waals surface area contributed by atoms with Crippen molar-refractivity contribution < 1.29 is 131 Å². The van der Waals surface area contributed by atoms with Crippen LogP contribution in [0.1, 0.15) is 126 Å². The molecular formula is C60H76Y4-4. The maximum atomic E-state index is 2.55. The second kappa shape index (κ2) is 35.3. The van der Waals surface area contributed by atoms with Gasteiger partial charge < -0.3 is 29.7 Å². The molecule has 2 atom stereocenters. The van der Waals surface area contributed by atoms with Crippen LogP contribution in [-0.4, -0.2) is 0 Å². The van der Waals surface area contributed by atoms with Crippen LogP contribution in [0.25, 0.3) is 43.1 Å². The molecule has 0 amide bonds. The topological polar surface area (TPSA) is 0 Å². The Balaban J connectivity index is -0.000000930. The minimum Gasteiger partial charge on any atom is -0.358 e. The number of aryl methyl sites for hydroxylation is 1. The third-order valence-corrected chi connectivity index (χ3v) is 10.5. The van der Waals surface area contributed by atoms with E-state index in [0.717, 1.165) is 25.2 Å². The van der Waals surface area contributed by atoms with Crippen LogP contribution >= 0.6 is 0 Å². The zero-order valence-electron chi connectivity index (χ0n) is 42.1. The molecule has 0 fully saturated rings. The van der Waals surface area contributed by atoms with Crippen LogP contribution in [0.4, 0.5) is 0 Å². The smallest absolute Gasteiger partial charge is 0.0105 e. The Morgan fingerprint density at radius 1 is 0.406 bits per heavy atom. The van der Waals surface area contributed by atoms with Gasteiger partial charge in [0.1, 0.15) is 0 Å². The molecule has 1 aliphatic rings. The molecule has 4 heteroatoms. The van der Waals surface area contributed by atoms with Crippen molar-refractivity contribution in [3.63, 3.8) is 0 Å². The van der Waals surface area contributed by atoms with Crippen LogP contribution < -0.4 is 0 Å². The quantitative estimate of drug-likeness (QED) is 0.144. The molecule has 64 heavy (non-hydrogen) atoms. The fourth-order valence-corrected chi connectivity index (χ4v) is 8.26. The predicted molar refractivity (Wildman–Crippen MR) is 276 cm³/mol. The predicted octanol–water partition coefficient (Wildman–Crippen LogP) is 18.7. The second-order valence-electron chi connectivity index (χ2n) is 15.0. The summed E-state index contributed by atoms with van der Waals surface area (Å²) < 4.78 is 0. The van der Waals surface area contributed by atoms with E-state index >= 15 is 0 Å². The number of hydrogen-bond donors (Lipinski definition) is 0. The molecule has 0 aliphatic heterocycles. The average Bonchev–Trinajstić information content (AvgIpc) is 3.25. The zero-order valence-corrected chi connectivity index (χ0v) is 53.4. The molecule has 0 spiro atoms. The number of benzene rings is 8. The first-order chi connectivity index (χ1) is 27.4. The van der Waals surface area contributed by atoms with Crippen molar-refractivity contribution in [2.45, 2.75) is 100 Å². The zero-order chi connectivity index (χ0) is 40.2. The fourth-order valence-electron chi connectivity index (χ4n) is 8.26. The van der Waals surface area contributed by atoms with Gasteiger partial charge in [0.25, 0.3) is 0 Å². The van der Waals surface area contributed by atoms with Crippen LogP contribution in [0.2, 0.25) is 0 Å². The van der Waals surface area contributed by atoms with E-state index in [4.69, 9.17) is 0 Å². The van der Waals surface area contributed by atoms with Crippen molar-refractivity contribution >= 4 is 43.1 Å². The van der Waals surface area contributed by atoms with Gasteiger partial charge in [0.05, 0.1) is 0 Å². The van der Waals surface area contributed by atoms with Crippen molar-refractivity contribution in [2.75, 3.05) is 0 Å². The first-order valence-corrected chi connectivity index (χ1v) is 21.5. The molecule has 8 aromatic rings. The first-order valence-electron chi connectivity index (χ1n) is 21.5. The van der Waals surface area contributed by atoms with E-state index in [0.29, 0.717) is 0 Å². The van der Waals surface area contributed by atoms with Crippen molar-refractivity contribution in [2.24, 2.45) is 5.92 Å². The van der Waals surface area contributed by atoms with E-state index < -0.39 is 0 Å². The van der Waals surface area contributed by atoms with Gasteiger partial charge in [-0.2, -0.15) is 0 Å². The van der Waals surface area contributed by atoms with E-state index in [9.17, 15) is 0 Å². The van der Waals surface area contributed by atoms with Crippen molar-refractivity contribution in [1.29, 1.82) is 0 Å². The molecule has 2 unspecified atom stereocenters. The third kappa shape index (κ3) is 17.0. The van der Waals surface area contributed by atoms with Crippen LogP contribution in [0.15, 0.2) is 152 Å². The van der Waals surface area contributed by atoms with Crippen LogP contribution in [0.3, 0.4) is 0 Å². The van der Waals surface area contributed by atoms with Crippen molar-refractivity contribution in [3.8, 4) is 0 Å². The van der Waals surface area contributed by atoms with Gasteiger partial charge in [0.2, 0.25) is 0 Å². The van der Waals surface area contributed by atoms with E-state index in [1.165, 1.54) is 82.0 Å². The normalized spacial score (nSPS) is 12.7. The molecule has 4 radical (unpaired) electrons. The SMILES string of the molecule is CC.CC.CC.CC(C)C.CC1c2cc(c3ccccc3c2)C(c2cccc3ccccc23)CCc2cc(c3ccccc3c2)Cc2cc1c1ccccc1c2.[CH3-].[CH3-].[CH3-].[CH3-].[Y].[Y].[Y].[Y]. The number of hydrogen-bond acceptors (Lipinski definition) is 0. The molecule has 0 saturated heterocycles. The van der Waals surface area contributed by atoms with E-state index in [1.807, 2.05) is 41.5 Å². The van der Waals surface area contributed by atoms with Gasteiger partial charge in [-0.3, -0.25) is 0 Å². The monoisotopic (exact) mass is 1150 g/mol. The standard InChI is InChI=1S/C46H36.C4H10.3C2H6.4CH3.4Y/c1-30-37-28-36-14-5-9-19-42(36)46(29-37)44(43-20-10-15-33-11-2-7-17-40(33)43)22-21-31-23-34-12-3-6-16-39(34)38(24-31)26-32-25-35-13-4-8-18-41(35)45(30)27-32;1-4(2)3;3*1-2;;;;;;;;/h2-20,23-25,27-30,44H,21-22,26H2,1H3;4H,1-3H3;3*1-2H3;4*1H3;;;;/q;;;;;4*-1;;;;. The molecule has 0 nitrogen and oxygen atoms in total. The van der Waals surface area contributed by atoms with Crippen LogP contribution in [-0.2, 0) is 144 Å². The molecular weight excluding hydrogens is 1080 g/mol. The Kier molecular flexibility index (Phi) is 38.5. The Morgan fingerprint density at radius 3 is 1.36 bits per heavy atom. The summed E-state index contributed by atoms with van der Waals surface area (Å²) in [5, 5.41) is 10.7. The summed E-state index contributed by atoms with van der Waals surface area (Å²) in [7, 11) is 0. The molecule has 1 aliphatic carbocycles. The van der Waals surface area contributed by atoms with Gasteiger partial charge in [-0.1, -0.05) is 221 Å². The minimum atomic E-state index is 0. The Bertz CT molecular complexity index is 2490. The van der Waals surface area contributed by atoms with E-state index in [1.54, 1.807) is 0 Å². The molecule has 6 bridgehead atoms. The van der Waals surface area contributed by atoms with Crippen molar-refractivity contribution in [1.82, 2.24) is 0 Å². The van der Waals surface area contributed by atoms with Gasteiger partial charge in [0, 0.05) is 143 Å². The summed E-state index contributed by atoms with van der Waals surface area (Å²) in [5.41, 5.74) is 9.89. The Morgan fingerprint density at radius 2 is 0.812 bits per heavy atom. The third-order valence-electron chi connectivity index (χ3n) is 10.5. The molecule has 332 valence electrons. The number of rotatable bonds is 1. The largest absolute Gasteiger partial charge is 0.358 e. The maximum absolute atomic E-state index is 2.55. The Labute approximate surface area is 493 Å². The maximum Gasteiger partial charge on any atom is 0.0105 e. The Hall–Kier alpha value is -0.784. The molecule has 8 aromatic carbocycles. The summed E-state index contributed by atoms with van der Waals surface area (Å²) in [6, 6.07) is 57.6. The molecule has 0 saturated carbocycles. The first kappa shape index (κ1) is 69.8. The second-order valence-corrected chi connectivity index (χ2v) is 15.0. The van der Waals surface area contributed by atoms with Gasteiger partial charge in [-0.05, 0) is 107 Å². The summed E-state index contributed by atoms with van der Waals surface area (Å²) >= 11 is 0. The average molecular weight is 1150 g/mol.